The Morgan fingerprint density at radius 3 is 2.81 bits per heavy atom. The first-order chi connectivity index (χ1) is 10.3. The monoisotopic (exact) mass is 280 g/mol. The van der Waals surface area contributed by atoms with Gasteiger partial charge in [0.25, 0.3) is 0 Å². The molecule has 0 radical (unpaired) electrons. The quantitative estimate of drug-likeness (QED) is 0.760. The number of aromatic nitrogens is 1. The lowest BCUT2D eigenvalue weighted by molar-refractivity contribution is 0.548. The number of hydrogen-bond acceptors (Lipinski definition) is 3. The van der Waals surface area contributed by atoms with E-state index in [0.29, 0.717) is 0 Å². The van der Waals surface area contributed by atoms with Gasteiger partial charge in [-0.25, -0.2) is 0 Å². The third-order valence-electron chi connectivity index (χ3n) is 3.66. The number of nitrogens with zero attached hydrogens (tertiary/aromatic N) is 1. The van der Waals surface area contributed by atoms with Gasteiger partial charge in [0, 0.05) is 16.6 Å². The van der Waals surface area contributed by atoms with Crippen LogP contribution in [0.4, 0.5) is 0 Å². The molecule has 0 bridgehead atoms. The maximum atomic E-state index is 5.25. The van der Waals surface area contributed by atoms with Gasteiger partial charge in [0.1, 0.15) is 0 Å². The van der Waals surface area contributed by atoms with Gasteiger partial charge in [0.05, 0.1) is 24.1 Å². The van der Waals surface area contributed by atoms with Crippen LogP contribution >= 0.6 is 0 Å². The minimum Gasteiger partial charge on any atom is -0.472 e. The molecule has 0 aliphatic rings. The highest BCUT2D eigenvalue weighted by Crippen LogP contribution is 2.25. The highest BCUT2D eigenvalue weighted by atomic mass is 16.3. The Balaban J connectivity index is 2.00. The van der Waals surface area contributed by atoms with E-state index in [4.69, 9.17) is 4.42 Å². The van der Waals surface area contributed by atoms with Gasteiger partial charge < -0.3 is 9.73 Å². The summed E-state index contributed by atoms with van der Waals surface area (Å²) in [6, 6.07) is 12.8. The number of pyridine rings is 1. The zero-order chi connectivity index (χ0) is 14.7. The van der Waals surface area contributed by atoms with E-state index in [9.17, 15) is 0 Å². The second-order valence-corrected chi connectivity index (χ2v) is 5.35. The average molecular weight is 280 g/mol. The first-order valence-corrected chi connectivity index (χ1v) is 7.40. The molecule has 1 N–H and O–H groups in total. The molecular weight excluding hydrogens is 260 g/mol. The smallest absolute Gasteiger partial charge is 0.0953 e. The maximum Gasteiger partial charge on any atom is 0.0953 e. The molecule has 21 heavy (non-hydrogen) atoms. The second kappa shape index (κ2) is 6.10. The van der Waals surface area contributed by atoms with Crippen molar-refractivity contribution in [2.45, 2.75) is 26.3 Å². The predicted molar refractivity (Wildman–Crippen MR) is 85.3 cm³/mol. The highest BCUT2D eigenvalue weighted by Gasteiger charge is 2.15. The normalized spacial score (nSPS) is 12.7. The van der Waals surface area contributed by atoms with Gasteiger partial charge in [-0.05, 0) is 49.7 Å². The summed E-state index contributed by atoms with van der Waals surface area (Å²) < 4.78 is 5.25. The standard InChI is InChI=1S/C18H20N2O/c1-3-9-19-18(16-8-10-21-12-16)15-6-7-17-14(11-15)5-4-13(2)20-17/h4-8,10-12,18-19H,3,9H2,1-2H3. The lowest BCUT2D eigenvalue weighted by Gasteiger charge is -2.18. The van der Waals surface area contributed by atoms with E-state index in [1.807, 2.05) is 19.3 Å². The Morgan fingerprint density at radius 1 is 1.14 bits per heavy atom. The van der Waals surface area contributed by atoms with Crippen molar-refractivity contribution in [1.82, 2.24) is 10.3 Å². The van der Waals surface area contributed by atoms with Crippen molar-refractivity contribution in [1.29, 1.82) is 0 Å². The molecule has 0 amide bonds. The molecule has 2 aromatic heterocycles. The third-order valence-corrected chi connectivity index (χ3v) is 3.66. The van der Waals surface area contributed by atoms with Gasteiger partial charge in [-0.2, -0.15) is 0 Å². The molecule has 0 spiro atoms. The molecule has 1 atom stereocenters. The number of benzene rings is 1. The average Bonchev–Trinajstić information content (AvgIpc) is 3.02. The van der Waals surface area contributed by atoms with E-state index >= 15 is 0 Å². The van der Waals surface area contributed by atoms with Gasteiger partial charge in [0.15, 0.2) is 0 Å². The van der Waals surface area contributed by atoms with Crippen LogP contribution in [0.2, 0.25) is 0 Å². The fourth-order valence-corrected chi connectivity index (χ4v) is 2.58. The number of rotatable bonds is 5. The zero-order valence-corrected chi connectivity index (χ0v) is 12.5. The summed E-state index contributed by atoms with van der Waals surface area (Å²) in [7, 11) is 0. The maximum absolute atomic E-state index is 5.25. The molecule has 3 heteroatoms. The van der Waals surface area contributed by atoms with Crippen LogP contribution in [0.5, 0.6) is 0 Å². The van der Waals surface area contributed by atoms with Crippen molar-refractivity contribution in [3.8, 4) is 0 Å². The lowest BCUT2D eigenvalue weighted by atomic mass is 9.99. The molecule has 3 rings (SSSR count). The molecule has 0 aliphatic carbocycles. The van der Waals surface area contributed by atoms with Crippen LogP contribution in [-0.4, -0.2) is 11.5 Å². The van der Waals surface area contributed by atoms with E-state index in [2.05, 4.69) is 47.6 Å². The van der Waals surface area contributed by atoms with Crippen molar-refractivity contribution >= 4 is 10.9 Å². The summed E-state index contributed by atoms with van der Waals surface area (Å²) in [5.41, 5.74) is 4.48. The Bertz CT molecular complexity index is 719. The van der Waals surface area contributed by atoms with Gasteiger partial charge in [0.2, 0.25) is 0 Å². The summed E-state index contributed by atoms with van der Waals surface area (Å²) in [6.45, 7) is 5.16. The molecule has 1 aromatic carbocycles. The summed E-state index contributed by atoms with van der Waals surface area (Å²) in [5, 5.41) is 4.75. The van der Waals surface area contributed by atoms with Gasteiger partial charge in [-0.15, -0.1) is 0 Å². The fraction of sp³-hybridized carbons (Fsp3) is 0.278. The van der Waals surface area contributed by atoms with Gasteiger partial charge in [-0.3, -0.25) is 4.98 Å². The molecular formula is C18H20N2O. The van der Waals surface area contributed by atoms with E-state index in [1.165, 1.54) is 10.9 Å². The molecule has 1 unspecified atom stereocenters. The topological polar surface area (TPSA) is 38.1 Å². The molecule has 0 aliphatic heterocycles. The van der Waals surface area contributed by atoms with Crippen LogP contribution in [0.1, 0.15) is 36.2 Å². The Hall–Kier alpha value is -2.13. The van der Waals surface area contributed by atoms with Gasteiger partial charge in [-0.1, -0.05) is 19.1 Å². The number of furan rings is 1. The number of hydrogen-bond donors (Lipinski definition) is 1. The van der Waals surface area contributed by atoms with E-state index in [-0.39, 0.29) is 6.04 Å². The molecule has 0 saturated heterocycles. The zero-order valence-electron chi connectivity index (χ0n) is 12.5. The van der Waals surface area contributed by atoms with Crippen LogP contribution < -0.4 is 5.32 Å². The summed E-state index contributed by atoms with van der Waals surface area (Å²) >= 11 is 0. The van der Waals surface area contributed by atoms with E-state index in [1.54, 1.807) is 6.26 Å². The van der Waals surface area contributed by atoms with E-state index < -0.39 is 0 Å². The first kappa shape index (κ1) is 13.8. The number of fused-ring (bicyclic) bond motifs is 1. The van der Waals surface area contributed by atoms with Crippen molar-refractivity contribution < 1.29 is 4.42 Å². The third kappa shape index (κ3) is 2.98. The Labute approximate surface area is 125 Å². The van der Waals surface area contributed by atoms with Crippen LogP contribution in [0.25, 0.3) is 10.9 Å². The summed E-state index contributed by atoms with van der Waals surface area (Å²) in [6.07, 6.45) is 4.63. The lowest BCUT2D eigenvalue weighted by Crippen LogP contribution is -2.22. The van der Waals surface area contributed by atoms with Crippen LogP contribution in [0.3, 0.4) is 0 Å². The van der Waals surface area contributed by atoms with Crippen molar-refractivity contribution in [2.24, 2.45) is 0 Å². The summed E-state index contributed by atoms with van der Waals surface area (Å²) in [4.78, 5) is 4.56. The number of aryl methyl sites for hydroxylation is 1. The predicted octanol–water partition coefficient (Wildman–Crippen LogP) is 4.23. The van der Waals surface area contributed by atoms with Gasteiger partial charge >= 0.3 is 0 Å². The minimum atomic E-state index is 0.161. The molecule has 0 saturated carbocycles. The highest BCUT2D eigenvalue weighted by molar-refractivity contribution is 5.79. The summed E-state index contributed by atoms with van der Waals surface area (Å²) in [5.74, 6) is 0. The van der Waals surface area contributed by atoms with Crippen molar-refractivity contribution in [2.75, 3.05) is 6.54 Å². The largest absolute Gasteiger partial charge is 0.472 e. The molecule has 0 fully saturated rings. The second-order valence-electron chi connectivity index (χ2n) is 5.35. The molecule has 3 aromatic rings. The van der Waals surface area contributed by atoms with E-state index in [0.717, 1.165) is 29.7 Å². The fourth-order valence-electron chi connectivity index (χ4n) is 2.58. The van der Waals surface area contributed by atoms with Crippen molar-refractivity contribution in [3.63, 3.8) is 0 Å². The minimum absolute atomic E-state index is 0.161. The van der Waals surface area contributed by atoms with Crippen LogP contribution in [-0.2, 0) is 0 Å². The Kier molecular flexibility index (Phi) is 4.02. The number of nitrogens with one attached hydrogen (secondary N) is 1. The van der Waals surface area contributed by atoms with Crippen LogP contribution in [0.15, 0.2) is 53.3 Å². The van der Waals surface area contributed by atoms with Crippen LogP contribution in [0, 0.1) is 6.92 Å². The molecule has 3 nitrogen and oxygen atoms in total. The van der Waals surface area contributed by atoms with Crippen molar-refractivity contribution in [3.05, 3.63) is 65.7 Å². The molecule has 2 heterocycles. The Morgan fingerprint density at radius 2 is 2.05 bits per heavy atom. The first-order valence-electron chi connectivity index (χ1n) is 7.40. The molecule has 108 valence electrons. The SMILES string of the molecule is CCCNC(c1ccoc1)c1ccc2nc(C)ccc2c1.